The van der Waals surface area contributed by atoms with Crippen LogP contribution in [0.1, 0.15) is 45.1 Å². The summed E-state index contributed by atoms with van der Waals surface area (Å²) in [5.74, 6) is 0.0205. The first-order valence-corrected chi connectivity index (χ1v) is 9.91. The number of esters is 1. The number of carbonyl (C=O) groups excluding carboxylic acids is 2. The minimum atomic E-state index is -0.443. The number of carbonyl (C=O) groups is 2. The van der Waals surface area contributed by atoms with Crippen LogP contribution in [0.4, 0.5) is 5.00 Å². The number of benzene rings is 1. The number of ether oxygens (including phenoxy) is 1. The number of aryl methyl sites for hydroxylation is 1. The molecule has 2 aromatic heterocycles. The van der Waals surface area contributed by atoms with Gasteiger partial charge in [0.1, 0.15) is 10.7 Å². The molecule has 7 nitrogen and oxygen atoms in total. The number of anilines is 1. The van der Waals surface area contributed by atoms with Crippen LogP contribution in [-0.4, -0.2) is 28.5 Å². The van der Waals surface area contributed by atoms with Crippen molar-refractivity contribution in [1.82, 2.24) is 9.55 Å². The molecule has 1 aromatic carbocycles. The molecule has 0 fully saturated rings. The molecule has 4 rings (SSSR count). The molecule has 0 saturated heterocycles. The average Bonchev–Trinajstić information content (AvgIpc) is 3.03. The Balaban J connectivity index is 1.64. The molecule has 0 bridgehead atoms. The summed E-state index contributed by atoms with van der Waals surface area (Å²) in [6.07, 6.45) is 3.85. The number of thiophene rings is 1. The molecule has 1 aliphatic rings. The Kier molecular flexibility index (Phi) is 4.95. The van der Waals surface area contributed by atoms with Gasteiger partial charge in [-0.3, -0.25) is 14.2 Å². The lowest BCUT2D eigenvalue weighted by Gasteiger charge is -2.10. The number of aromatic nitrogens is 2. The predicted molar refractivity (Wildman–Crippen MR) is 107 cm³/mol. The number of hydrogen-bond donors (Lipinski definition) is 1. The Labute approximate surface area is 165 Å². The Morgan fingerprint density at radius 2 is 2.04 bits per heavy atom. The van der Waals surface area contributed by atoms with Crippen molar-refractivity contribution in [2.24, 2.45) is 0 Å². The Bertz CT molecular complexity index is 1130. The standard InChI is InChI=1S/C20H19N3O4S/c1-27-20(26)15-8-9-17(28-15)22-18(24)12-6-7-13-14(11-12)21-16-5-3-2-4-10-23(16)19(13)25/h6-9,11H,2-5,10H2,1H3,(H,22,24). The lowest BCUT2D eigenvalue weighted by atomic mass is 10.1. The number of rotatable bonds is 3. The van der Waals surface area contributed by atoms with Crippen molar-refractivity contribution >= 4 is 39.1 Å². The third kappa shape index (κ3) is 3.43. The first-order valence-electron chi connectivity index (χ1n) is 9.10. The zero-order valence-corrected chi connectivity index (χ0v) is 16.2. The van der Waals surface area contributed by atoms with E-state index in [0.717, 1.165) is 42.8 Å². The van der Waals surface area contributed by atoms with Crippen molar-refractivity contribution in [2.45, 2.75) is 32.2 Å². The molecular formula is C20H19N3O4S. The highest BCUT2D eigenvalue weighted by atomic mass is 32.1. The third-order valence-corrected chi connectivity index (χ3v) is 5.79. The van der Waals surface area contributed by atoms with Gasteiger partial charge < -0.3 is 10.1 Å². The molecule has 0 radical (unpaired) electrons. The van der Waals surface area contributed by atoms with Crippen LogP contribution in [-0.2, 0) is 17.7 Å². The van der Waals surface area contributed by atoms with E-state index in [1.165, 1.54) is 7.11 Å². The number of amides is 1. The van der Waals surface area contributed by atoms with Crippen LogP contribution >= 0.6 is 11.3 Å². The minimum absolute atomic E-state index is 0.0464. The van der Waals surface area contributed by atoms with Gasteiger partial charge in [0.25, 0.3) is 11.5 Å². The van der Waals surface area contributed by atoms with Crippen molar-refractivity contribution in [3.05, 3.63) is 57.0 Å². The van der Waals surface area contributed by atoms with E-state index in [1.807, 2.05) is 0 Å². The van der Waals surface area contributed by atoms with Gasteiger partial charge in [-0.2, -0.15) is 0 Å². The number of nitrogens with one attached hydrogen (secondary N) is 1. The lowest BCUT2D eigenvalue weighted by Crippen LogP contribution is -2.24. The van der Waals surface area contributed by atoms with Crippen LogP contribution in [0, 0.1) is 0 Å². The van der Waals surface area contributed by atoms with Gasteiger partial charge in [0.2, 0.25) is 0 Å². The fourth-order valence-corrected chi connectivity index (χ4v) is 4.18. The normalized spacial score (nSPS) is 13.6. The summed E-state index contributed by atoms with van der Waals surface area (Å²) in [6, 6.07) is 8.18. The molecule has 0 atom stereocenters. The van der Waals surface area contributed by atoms with Gasteiger partial charge in [0.05, 0.1) is 23.0 Å². The molecule has 0 unspecified atom stereocenters. The van der Waals surface area contributed by atoms with Crippen LogP contribution in [0.3, 0.4) is 0 Å². The maximum absolute atomic E-state index is 12.8. The number of nitrogens with zero attached hydrogens (tertiary/aromatic N) is 2. The van der Waals surface area contributed by atoms with E-state index in [9.17, 15) is 14.4 Å². The van der Waals surface area contributed by atoms with Crippen LogP contribution in [0.15, 0.2) is 35.1 Å². The largest absolute Gasteiger partial charge is 0.465 e. The second-order valence-electron chi connectivity index (χ2n) is 6.64. The molecular weight excluding hydrogens is 378 g/mol. The number of methoxy groups -OCH3 is 1. The van der Waals surface area contributed by atoms with Crippen LogP contribution in [0.5, 0.6) is 0 Å². The molecule has 28 heavy (non-hydrogen) atoms. The zero-order valence-electron chi connectivity index (χ0n) is 15.4. The lowest BCUT2D eigenvalue weighted by molar-refractivity contribution is 0.0606. The van der Waals surface area contributed by atoms with Crippen LogP contribution < -0.4 is 10.9 Å². The molecule has 1 aliphatic heterocycles. The number of fused-ring (bicyclic) bond motifs is 2. The van der Waals surface area contributed by atoms with Crippen molar-refractivity contribution in [3.63, 3.8) is 0 Å². The average molecular weight is 397 g/mol. The Morgan fingerprint density at radius 1 is 1.18 bits per heavy atom. The molecule has 1 amide bonds. The minimum Gasteiger partial charge on any atom is -0.465 e. The van der Waals surface area contributed by atoms with Gasteiger partial charge in [-0.15, -0.1) is 11.3 Å². The number of hydrogen-bond acceptors (Lipinski definition) is 6. The molecule has 3 aromatic rings. The molecule has 8 heteroatoms. The van der Waals surface area contributed by atoms with E-state index >= 15 is 0 Å². The molecule has 0 spiro atoms. The van der Waals surface area contributed by atoms with Crippen molar-refractivity contribution in [3.8, 4) is 0 Å². The monoisotopic (exact) mass is 397 g/mol. The molecule has 1 N–H and O–H groups in total. The smallest absolute Gasteiger partial charge is 0.348 e. The SMILES string of the molecule is COC(=O)c1ccc(NC(=O)c2ccc3c(=O)n4c(nc3c2)CCCCC4)s1. The van der Waals surface area contributed by atoms with Gasteiger partial charge in [-0.25, -0.2) is 9.78 Å². The fourth-order valence-electron chi connectivity index (χ4n) is 3.36. The van der Waals surface area contributed by atoms with Crippen molar-refractivity contribution in [1.29, 1.82) is 0 Å². The summed E-state index contributed by atoms with van der Waals surface area (Å²) in [7, 11) is 1.31. The second-order valence-corrected chi connectivity index (χ2v) is 7.72. The highest BCUT2D eigenvalue weighted by molar-refractivity contribution is 7.18. The molecule has 3 heterocycles. The van der Waals surface area contributed by atoms with Gasteiger partial charge in [-0.05, 0) is 43.2 Å². The fraction of sp³-hybridized carbons (Fsp3) is 0.300. The van der Waals surface area contributed by atoms with E-state index in [0.29, 0.717) is 32.9 Å². The summed E-state index contributed by atoms with van der Waals surface area (Å²) in [6.45, 7) is 0.695. The second kappa shape index (κ2) is 7.55. The van der Waals surface area contributed by atoms with E-state index in [-0.39, 0.29) is 11.5 Å². The van der Waals surface area contributed by atoms with Gasteiger partial charge in [-0.1, -0.05) is 6.42 Å². The topological polar surface area (TPSA) is 90.3 Å². The van der Waals surface area contributed by atoms with Crippen LogP contribution in [0.2, 0.25) is 0 Å². The Hall–Kier alpha value is -3.00. The van der Waals surface area contributed by atoms with Gasteiger partial charge in [0.15, 0.2) is 0 Å². The quantitative estimate of drug-likeness (QED) is 0.686. The van der Waals surface area contributed by atoms with E-state index < -0.39 is 5.97 Å². The maximum Gasteiger partial charge on any atom is 0.348 e. The molecule has 0 saturated carbocycles. The van der Waals surface area contributed by atoms with Crippen molar-refractivity contribution in [2.75, 3.05) is 12.4 Å². The highest BCUT2D eigenvalue weighted by Crippen LogP contribution is 2.24. The summed E-state index contributed by atoms with van der Waals surface area (Å²) >= 11 is 1.14. The van der Waals surface area contributed by atoms with Crippen molar-refractivity contribution < 1.29 is 14.3 Å². The third-order valence-electron chi connectivity index (χ3n) is 4.81. The van der Waals surface area contributed by atoms with Gasteiger partial charge >= 0.3 is 5.97 Å². The zero-order chi connectivity index (χ0) is 19.7. The maximum atomic E-state index is 12.8. The summed E-state index contributed by atoms with van der Waals surface area (Å²) in [4.78, 5) is 42.0. The van der Waals surface area contributed by atoms with E-state index in [4.69, 9.17) is 0 Å². The molecule has 144 valence electrons. The van der Waals surface area contributed by atoms with E-state index in [2.05, 4.69) is 15.0 Å². The Morgan fingerprint density at radius 3 is 2.86 bits per heavy atom. The van der Waals surface area contributed by atoms with E-state index in [1.54, 1.807) is 34.9 Å². The summed E-state index contributed by atoms with van der Waals surface area (Å²) < 4.78 is 6.43. The summed E-state index contributed by atoms with van der Waals surface area (Å²) in [5, 5.41) is 3.83. The predicted octanol–water partition coefficient (Wildman–Crippen LogP) is 3.22. The first-order chi connectivity index (χ1) is 13.6. The summed E-state index contributed by atoms with van der Waals surface area (Å²) in [5.41, 5.74) is 0.896. The highest BCUT2D eigenvalue weighted by Gasteiger charge is 2.16. The van der Waals surface area contributed by atoms with Crippen LogP contribution in [0.25, 0.3) is 10.9 Å². The molecule has 0 aliphatic carbocycles. The van der Waals surface area contributed by atoms with Gasteiger partial charge in [0, 0.05) is 18.5 Å². The first kappa shape index (κ1) is 18.4.